The van der Waals surface area contributed by atoms with E-state index < -0.39 is 0 Å². The largest absolute Gasteiger partial charge is 0.320 e. The number of aromatic nitrogens is 5. The predicted octanol–water partition coefficient (Wildman–Crippen LogP) is 4.43. The first kappa shape index (κ1) is 19.1. The maximum Gasteiger partial charge on any atom is 0.265 e. The number of hydrogen-bond donors (Lipinski definition) is 1. The molecular formula is C22H17FN6OS. The van der Waals surface area contributed by atoms with Crippen LogP contribution in [0.15, 0.2) is 67.1 Å². The minimum absolute atomic E-state index is 0.206. The summed E-state index contributed by atoms with van der Waals surface area (Å²) in [5.74, 6) is 0.191. The van der Waals surface area contributed by atoms with Crippen LogP contribution < -0.4 is 5.32 Å². The van der Waals surface area contributed by atoms with Crippen molar-refractivity contribution >= 4 is 33.1 Å². The van der Waals surface area contributed by atoms with Crippen LogP contribution in [0.25, 0.3) is 16.0 Å². The van der Waals surface area contributed by atoms with E-state index in [4.69, 9.17) is 0 Å². The molecule has 0 atom stereocenters. The zero-order chi connectivity index (χ0) is 21.4. The number of fused-ring (bicyclic) bond motifs is 1. The summed E-state index contributed by atoms with van der Waals surface area (Å²) >= 11 is 1.38. The monoisotopic (exact) mass is 432 g/mol. The van der Waals surface area contributed by atoms with E-state index in [1.54, 1.807) is 47.5 Å². The Hall–Kier alpha value is -3.85. The van der Waals surface area contributed by atoms with Gasteiger partial charge in [-0.25, -0.2) is 14.1 Å². The van der Waals surface area contributed by atoms with E-state index in [0.29, 0.717) is 22.9 Å². The second-order valence-corrected chi connectivity index (χ2v) is 8.04. The van der Waals surface area contributed by atoms with Crippen LogP contribution in [0.3, 0.4) is 0 Å². The first-order valence-electron chi connectivity index (χ1n) is 9.55. The highest BCUT2D eigenvalue weighted by Crippen LogP contribution is 2.29. The van der Waals surface area contributed by atoms with Gasteiger partial charge >= 0.3 is 0 Å². The van der Waals surface area contributed by atoms with Gasteiger partial charge in [0.1, 0.15) is 10.6 Å². The quantitative estimate of drug-likeness (QED) is 0.446. The highest BCUT2D eigenvalue weighted by Gasteiger charge is 2.17. The fraction of sp³-hybridized carbons (Fsp3) is 0.0909. The van der Waals surface area contributed by atoms with Crippen LogP contribution in [0.2, 0.25) is 0 Å². The van der Waals surface area contributed by atoms with Gasteiger partial charge in [-0.3, -0.25) is 9.48 Å². The summed E-state index contributed by atoms with van der Waals surface area (Å²) in [5.41, 5.74) is 2.38. The summed E-state index contributed by atoms with van der Waals surface area (Å²) < 4.78 is 16.7. The lowest BCUT2D eigenvalue weighted by molar-refractivity contribution is 0.103. The van der Waals surface area contributed by atoms with Crippen molar-refractivity contribution in [3.05, 3.63) is 89.1 Å². The molecule has 0 aliphatic rings. The van der Waals surface area contributed by atoms with Crippen molar-refractivity contribution in [3.63, 3.8) is 0 Å². The van der Waals surface area contributed by atoms with Gasteiger partial charge < -0.3 is 5.32 Å². The number of carbonyl (C=O) groups is 1. The van der Waals surface area contributed by atoms with E-state index >= 15 is 0 Å². The van der Waals surface area contributed by atoms with Gasteiger partial charge in [-0.1, -0.05) is 12.1 Å². The molecule has 1 aromatic carbocycles. The van der Waals surface area contributed by atoms with Crippen molar-refractivity contribution in [1.29, 1.82) is 0 Å². The van der Waals surface area contributed by atoms with E-state index in [-0.39, 0.29) is 11.7 Å². The Balaban J connectivity index is 1.36. The minimum atomic E-state index is -0.271. The third kappa shape index (κ3) is 3.82. The van der Waals surface area contributed by atoms with Gasteiger partial charge in [0.15, 0.2) is 5.82 Å². The Labute approximate surface area is 180 Å². The summed E-state index contributed by atoms with van der Waals surface area (Å²) in [6, 6.07) is 13.6. The fourth-order valence-electron chi connectivity index (χ4n) is 3.29. The van der Waals surface area contributed by atoms with Crippen molar-refractivity contribution in [3.8, 4) is 5.82 Å². The van der Waals surface area contributed by atoms with Gasteiger partial charge in [0, 0.05) is 17.8 Å². The fourth-order valence-corrected chi connectivity index (χ4v) is 4.34. The summed E-state index contributed by atoms with van der Waals surface area (Å²) in [6.45, 7) is 2.42. The SMILES string of the molecule is Cc1nn(Cc2ccc(F)cc2)c2sc(C(=O)Nc3ccc(-n4cccn4)nc3)cc12. The van der Waals surface area contributed by atoms with E-state index in [1.807, 2.05) is 23.7 Å². The minimum Gasteiger partial charge on any atom is -0.320 e. The number of nitrogens with one attached hydrogen (secondary N) is 1. The Morgan fingerprint density at radius 2 is 2.03 bits per heavy atom. The van der Waals surface area contributed by atoms with Crippen LogP contribution in [0.4, 0.5) is 10.1 Å². The summed E-state index contributed by atoms with van der Waals surface area (Å²) in [6.07, 6.45) is 5.08. The zero-order valence-electron chi connectivity index (χ0n) is 16.5. The van der Waals surface area contributed by atoms with Gasteiger partial charge in [0.25, 0.3) is 5.91 Å². The molecule has 0 saturated heterocycles. The second-order valence-electron chi connectivity index (χ2n) is 7.01. The van der Waals surface area contributed by atoms with Crippen LogP contribution in [0.5, 0.6) is 0 Å². The Morgan fingerprint density at radius 3 is 2.74 bits per heavy atom. The molecule has 0 radical (unpaired) electrons. The number of halogens is 1. The zero-order valence-corrected chi connectivity index (χ0v) is 17.3. The molecule has 0 unspecified atom stereocenters. The van der Waals surface area contributed by atoms with Gasteiger partial charge in [-0.15, -0.1) is 11.3 Å². The number of nitrogens with zero attached hydrogens (tertiary/aromatic N) is 5. The molecule has 154 valence electrons. The topological polar surface area (TPSA) is 77.6 Å². The lowest BCUT2D eigenvalue weighted by atomic mass is 10.2. The third-order valence-corrected chi connectivity index (χ3v) is 5.97. The van der Waals surface area contributed by atoms with Crippen LogP contribution in [-0.4, -0.2) is 30.5 Å². The first-order valence-corrected chi connectivity index (χ1v) is 10.4. The molecule has 0 aliphatic carbocycles. The van der Waals surface area contributed by atoms with Crippen molar-refractivity contribution in [2.24, 2.45) is 0 Å². The van der Waals surface area contributed by atoms with E-state index in [9.17, 15) is 9.18 Å². The van der Waals surface area contributed by atoms with Crippen molar-refractivity contribution in [2.75, 3.05) is 5.32 Å². The normalized spacial score (nSPS) is 11.2. The van der Waals surface area contributed by atoms with E-state index in [0.717, 1.165) is 21.5 Å². The molecule has 4 heterocycles. The van der Waals surface area contributed by atoms with Crippen LogP contribution >= 0.6 is 11.3 Å². The predicted molar refractivity (Wildman–Crippen MR) is 117 cm³/mol. The molecule has 5 aromatic rings. The van der Waals surface area contributed by atoms with Crippen LogP contribution in [0, 0.1) is 12.7 Å². The Kier molecular flexibility index (Phi) is 4.79. The molecule has 4 aromatic heterocycles. The number of rotatable bonds is 5. The lowest BCUT2D eigenvalue weighted by Crippen LogP contribution is -2.10. The van der Waals surface area contributed by atoms with Crippen molar-refractivity contribution in [1.82, 2.24) is 24.5 Å². The first-order chi connectivity index (χ1) is 15.1. The molecule has 7 nitrogen and oxygen atoms in total. The molecule has 0 saturated carbocycles. The maximum absolute atomic E-state index is 13.2. The number of carbonyl (C=O) groups excluding carboxylic acids is 1. The molecule has 31 heavy (non-hydrogen) atoms. The molecule has 0 spiro atoms. The molecule has 1 N–H and O–H groups in total. The number of aryl methyl sites for hydroxylation is 1. The van der Waals surface area contributed by atoms with Crippen LogP contribution in [-0.2, 0) is 6.54 Å². The van der Waals surface area contributed by atoms with E-state index in [2.05, 4.69) is 20.5 Å². The maximum atomic E-state index is 13.2. The van der Waals surface area contributed by atoms with Crippen LogP contribution in [0.1, 0.15) is 20.9 Å². The third-order valence-electron chi connectivity index (χ3n) is 4.82. The summed E-state index contributed by atoms with van der Waals surface area (Å²) in [5, 5.41) is 12.5. The molecular weight excluding hydrogens is 415 g/mol. The second kappa shape index (κ2) is 7.77. The van der Waals surface area contributed by atoms with Crippen molar-refractivity contribution in [2.45, 2.75) is 13.5 Å². The Morgan fingerprint density at radius 1 is 1.19 bits per heavy atom. The molecule has 0 fully saturated rings. The van der Waals surface area contributed by atoms with Crippen molar-refractivity contribution < 1.29 is 9.18 Å². The number of pyridine rings is 1. The van der Waals surface area contributed by atoms with Gasteiger partial charge in [-0.05, 0) is 48.9 Å². The van der Waals surface area contributed by atoms with Gasteiger partial charge in [0.2, 0.25) is 0 Å². The highest BCUT2D eigenvalue weighted by atomic mass is 32.1. The smallest absolute Gasteiger partial charge is 0.265 e. The average molecular weight is 432 g/mol. The highest BCUT2D eigenvalue weighted by molar-refractivity contribution is 7.20. The molecule has 0 bridgehead atoms. The number of anilines is 1. The number of hydrogen-bond acceptors (Lipinski definition) is 5. The van der Waals surface area contributed by atoms with Gasteiger partial charge in [-0.2, -0.15) is 10.2 Å². The number of thiophene rings is 1. The number of amides is 1. The lowest BCUT2D eigenvalue weighted by Gasteiger charge is -2.05. The average Bonchev–Trinajstić information content (AvgIpc) is 3.50. The standard InChI is InChI=1S/C22H17FN6OS/c1-14-18-11-19(31-22(18)29(27-14)13-15-3-5-16(23)6-4-15)21(30)26-17-7-8-20(24-12-17)28-10-2-9-25-28/h2-12H,13H2,1H3,(H,26,30). The number of benzene rings is 1. The summed E-state index contributed by atoms with van der Waals surface area (Å²) in [4.78, 5) is 18.6. The Bertz CT molecular complexity index is 1350. The molecule has 0 aliphatic heterocycles. The molecule has 5 rings (SSSR count). The molecule has 9 heteroatoms. The van der Waals surface area contributed by atoms with Gasteiger partial charge in [0.05, 0.1) is 29.0 Å². The molecule has 1 amide bonds. The van der Waals surface area contributed by atoms with E-state index in [1.165, 1.54) is 23.5 Å². The summed E-state index contributed by atoms with van der Waals surface area (Å²) in [7, 11) is 0.